The van der Waals surface area contributed by atoms with Crippen molar-refractivity contribution >= 4 is 20.2 Å². The smallest absolute Gasteiger partial charge is 0.318 e. The van der Waals surface area contributed by atoms with Gasteiger partial charge >= 0.3 is 5.97 Å². The summed E-state index contributed by atoms with van der Waals surface area (Å²) >= 11 is 0. The first kappa shape index (κ1) is 25.7. The quantitative estimate of drug-likeness (QED) is 0.255. The van der Waals surface area contributed by atoms with Crippen molar-refractivity contribution in [3.8, 4) is 0 Å². The van der Waals surface area contributed by atoms with E-state index < -0.39 is 11.9 Å². The molecule has 2 aromatic carbocycles. The molecule has 1 N–H and O–H groups in total. The van der Waals surface area contributed by atoms with Gasteiger partial charge in [0.2, 0.25) is 0 Å². The molecule has 0 heterocycles. The van der Waals surface area contributed by atoms with Crippen LogP contribution in [-0.4, -0.2) is 23.0 Å². The van der Waals surface area contributed by atoms with Gasteiger partial charge < -0.3 is 5.11 Å². The lowest BCUT2D eigenvalue weighted by molar-refractivity contribution is -0.137. The SMILES string of the molecule is CCCCC(CC)CP=O.Cc1cccc(C)c1C(=O)C(C(=O)O)c1ccccc1. The first-order valence-corrected chi connectivity index (χ1v) is 11.5. The third-order valence-electron chi connectivity index (χ3n) is 5.25. The molecule has 0 spiro atoms. The zero-order valence-electron chi connectivity index (χ0n) is 18.4. The second kappa shape index (κ2) is 13.8. The summed E-state index contributed by atoms with van der Waals surface area (Å²) in [5, 5.41) is 9.42. The molecule has 0 radical (unpaired) electrons. The normalized spacial score (nSPS) is 12.5. The molecule has 2 aromatic rings. The van der Waals surface area contributed by atoms with Crippen molar-refractivity contribution in [2.24, 2.45) is 5.92 Å². The van der Waals surface area contributed by atoms with E-state index in [0.717, 1.165) is 17.3 Å². The Balaban J connectivity index is 0.000000382. The minimum absolute atomic E-state index is 0.320. The third-order valence-corrected chi connectivity index (χ3v) is 5.91. The monoisotopic (exact) mass is 428 g/mol. The van der Waals surface area contributed by atoms with Crippen LogP contribution in [0.3, 0.4) is 0 Å². The Morgan fingerprint density at radius 1 is 0.967 bits per heavy atom. The summed E-state index contributed by atoms with van der Waals surface area (Å²) in [7, 11) is 0.320. The summed E-state index contributed by atoms with van der Waals surface area (Å²) in [6.07, 6.45) is 5.83. The van der Waals surface area contributed by atoms with Gasteiger partial charge in [-0.05, 0) is 42.9 Å². The van der Waals surface area contributed by atoms with E-state index in [1.807, 2.05) is 32.0 Å². The minimum atomic E-state index is -1.16. The second-order valence-corrected chi connectivity index (χ2v) is 8.16. The average molecular weight is 429 g/mol. The molecule has 0 saturated carbocycles. The summed E-state index contributed by atoms with van der Waals surface area (Å²) < 4.78 is 10.2. The molecule has 5 heteroatoms. The molecule has 0 aliphatic rings. The topological polar surface area (TPSA) is 71.4 Å². The molecule has 0 aliphatic heterocycles. The number of unbranched alkanes of at least 4 members (excludes halogenated alkanes) is 1. The van der Waals surface area contributed by atoms with Gasteiger partial charge in [-0.3, -0.25) is 14.2 Å². The summed E-state index contributed by atoms with van der Waals surface area (Å²) in [5.41, 5.74) is 2.62. The van der Waals surface area contributed by atoms with Crippen LogP contribution in [-0.2, 0) is 9.36 Å². The van der Waals surface area contributed by atoms with E-state index in [0.29, 0.717) is 25.5 Å². The zero-order chi connectivity index (χ0) is 22.5. The number of ketones is 1. The average Bonchev–Trinajstić information content (AvgIpc) is 2.72. The summed E-state index contributed by atoms with van der Waals surface area (Å²) in [6, 6.07) is 14.1. The van der Waals surface area contributed by atoms with Gasteiger partial charge in [0.05, 0.1) is 0 Å². The van der Waals surface area contributed by atoms with Gasteiger partial charge in [-0.25, -0.2) is 0 Å². The van der Waals surface area contributed by atoms with Gasteiger partial charge in [-0.15, -0.1) is 0 Å². The third kappa shape index (κ3) is 7.84. The predicted molar refractivity (Wildman–Crippen MR) is 123 cm³/mol. The molecule has 0 aromatic heterocycles. The summed E-state index contributed by atoms with van der Waals surface area (Å²) in [5.74, 6) is -1.95. The summed E-state index contributed by atoms with van der Waals surface area (Å²) in [6.45, 7) is 8.02. The minimum Gasteiger partial charge on any atom is -0.480 e. The van der Waals surface area contributed by atoms with E-state index in [4.69, 9.17) is 0 Å². The Bertz CT molecular complexity index is 797. The van der Waals surface area contributed by atoms with Gasteiger partial charge in [0, 0.05) is 11.7 Å². The fraction of sp³-hybridized carbons (Fsp3) is 0.440. The number of carboxylic acid groups (broad SMARTS) is 1. The highest BCUT2D eigenvalue weighted by molar-refractivity contribution is 7.23. The zero-order valence-corrected chi connectivity index (χ0v) is 19.3. The molecule has 2 rings (SSSR count). The number of carbonyl (C=O) groups is 2. The number of hydrogen-bond donors (Lipinski definition) is 1. The highest BCUT2D eigenvalue weighted by atomic mass is 31.1. The standard InChI is InChI=1S/C17H16O3.C8H17OP/c1-11-7-6-8-12(2)14(11)16(18)15(17(19)20)13-9-4-3-5-10-13;1-3-5-6-8(4-2)7-10-9/h3-10,15H,1-2H3,(H,19,20);8H,3-7H2,1-2H3. The maximum Gasteiger partial charge on any atom is 0.318 e. The molecule has 0 aliphatic carbocycles. The number of Topliss-reactive ketones (excluding diaryl/α,β-unsaturated/α-hetero) is 1. The molecule has 30 heavy (non-hydrogen) atoms. The summed E-state index contributed by atoms with van der Waals surface area (Å²) in [4.78, 5) is 24.2. The first-order valence-electron chi connectivity index (χ1n) is 10.5. The van der Waals surface area contributed by atoms with Crippen LogP contribution in [0.1, 0.15) is 72.5 Å². The van der Waals surface area contributed by atoms with Crippen LogP contribution >= 0.6 is 8.46 Å². The van der Waals surface area contributed by atoms with Crippen LogP contribution in [0.25, 0.3) is 0 Å². The fourth-order valence-electron chi connectivity index (χ4n) is 3.42. The highest BCUT2D eigenvalue weighted by Crippen LogP contribution is 2.25. The van der Waals surface area contributed by atoms with Gasteiger partial charge in [-0.1, -0.05) is 81.6 Å². The molecule has 4 nitrogen and oxygen atoms in total. The predicted octanol–water partition coefficient (Wildman–Crippen LogP) is 6.85. The van der Waals surface area contributed by atoms with E-state index in [1.54, 1.807) is 30.3 Å². The van der Waals surface area contributed by atoms with Crippen LogP contribution in [0, 0.1) is 19.8 Å². The molecule has 0 amide bonds. The van der Waals surface area contributed by atoms with Crippen LogP contribution in [0.5, 0.6) is 0 Å². The number of carbonyl (C=O) groups excluding carboxylic acids is 1. The van der Waals surface area contributed by atoms with E-state index in [2.05, 4.69) is 13.8 Å². The lowest BCUT2D eigenvalue weighted by Crippen LogP contribution is -2.23. The number of aliphatic carboxylic acids is 1. The maximum absolute atomic E-state index is 12.6. The second-order valence-electron chi connectivity index (χ2n) is 7.54. The molecule has 0 fully saturated rings. The molecule has 0 bridgehead atoms. The van der Waals surface area contributed by atoms with Crippen molar-refractivity contribution < 1.29 is 19.3 Å². The Hall–Kier alpha value is -2.32. The van der Waals surface area contributed by atoms with E-state index >= 15 is 0 Å². The van der Waals surface area contributed by atoms with Crippen molar-refractivity contribution in [3.05, 3.63) is 70.8 Å². The first-order chi connectivity index (χ1) is 14.4. The molecular weight excluding hydrogens is 395 g/mol. The van der Waals surface area contributed by atoms with E-state index in [1.165, 1.54) is 25.7 Å². The van der Waals surface area contributed by atoms with Gasteiger partial charge in [0.15, 0.2) is 14.2 Å². The van der Waals surface area contributed by atoms with Crippen molar-refractivity contribution in [2.75, 3.05) is 6.16 Å². The fourth-order valence-corrected chi connectivity index (χ4v) is 4.07. The van der Waals surface area contributed by atoms with Gasteiger partial charge in [-0.2, -0.15) is 0 Å². The number of aryl methyl sites for hydroxylation is 2. The van der Waals surface area contributed by atoms with Crippen molar-refractivity contribution in [2.45, 2.75) is 59.3 Å². The Labute approximate surface area is 181 Å². The van der Waals surface area contributed by atoms with Crippen LogP contribution in [0.4, 0.5) is 0 Å². The highest BCUT2D eigenvalue weighted by Gasteiger charge is 2.30. The van der Waals surface area contributed by atoms with Crippen molar-refractivity contribution in [3.63, 3.8) is 0 Å². The number of benzene rings is 2. The van der Waals surface area contributed by atoms with Crippen molar-refractivity contribution in [1.82, 2.24) is 0 Å². The molecule has 2 unspecified atom stereocenters. The van der Waals surface area contributed by atoms with Crippen LogP contribution in [0.15, 0.2) is 48.5 Å². The van der Waals surface area contributed by atoms with E-state index in [9.17, 15) is 19.3 Å². The Morgan fingerprint density at radius 3 is 2.03 bits per heavy atom. The maximum atomic E-state index is 12.6. The number of rotatable bonds is 10. The molecule has 0 saturated heterocycles. The van der Waals surface area contributed by atoms with Gasteiger partial charge in [0.25, 0.3) is 0 Å². The van der Waals surface area contributed by atoms with Gasteiger partial charge in [0.1, 0.15) is 5.92 Å². The van der Waals surface area contributed by atoms with Crippen LogP contribution in [0.2, 0.25) is 0 Å². The lowest BCUT2D eigenvalue weighted by atomic mass is 9.87. The number of carboxylic acids is 1. The number of hydrogen-bond acceptors (Lipinski definition) is 3. The molecule has 162 valence electrons. The van der Waals surface area contributed by atoms with E-state index in [-0.39, 0.29) is 5.78 Å². The Kier molecular flexibility index (Phi) is 11.8. The molecular formula is C25H33O4P. The lowest BCUT2D eigenvalue weighted by Gasteiger charge is -2.15. The largest absolute Gasteiger partial charge is 0.480 e. The van der Waals surface area contributed by atoms with Crippen molar-refractivity contribution in [1.29, 1.82) is 0 Å². The molecule has 2 atom stereocenters. The Morgan fingerprint density at radius 2 is 1.57 bits per heavy atom. The van der Waals surface area contributed by atoms with Crippen LogP contribution < -0.4 is 0 Å².